The Balaban J connectivity index is 1.46. The second kappa shape index (κ2) is 10.8. The van der Waals surface area contributed by atoms with Gasteiger partial charge in [-0.2, -0.15) is 0 Å². The van der Waals surface area contributed by atoms with Gasteiger partial charge in [0.1, 0.15) is 18.7 Å². The van der Waals surface area contributed by atoms with E-state index in [2.05, 4.69) is 17.4 Å². The largest absolute Gasteiger partial charge is 0.480 e. The van der Waals surface area contributed by atoms with Gasteiger partial charge in [-0.1, -0.05) is 60.2 Å². The van der Waals surface area contributed by atoms with Crippen LogP contribution in [0, 0.1) is 0 Å². The number of hydrogen-bond donors (Lipinski definition) is 2. The number of rotatable bonds is 7. The minimum atomic E-state index is -1.01. The lowest BCUT2D eigenvalue weighted by Gasteiger charge is -2.35. The zero-order valence-corrected chi connectivity index (χ0v) is 20.2. The Morgan fingerprint density at radius 1 is 1.06 bits per heavy atom. The Labute approximate surface area is 205 Å². The predicted molar refractivity (Wildman–Crippen MR) is 133 cm³/mol. The van der Waals surface area contributed by atoms with Crippen LogP contribution in [0.1, 0.15) is 56.6 Å². The lowest BCUT2D eigenvalue weighted by Crippen LogP contribution is -2.55. The maximum atomic E-state index is 13.3. The van der Waals surface area contributed by atoms with Crippen molar-refractivity contribution in [2.75, 3.05) is 13.2 Å². The van der Waals surface area contributed by atoms with Gasteiger partial charge >= 0.3 is 12.1 Å². The number of benzene rings is 2. The van der Waals surface area contributed by atoms with E-state index in [0.29, 0.717) is 13.0 Å². The van der Waals surface area contributed by atoms with Gasteiger partial charge in [-0.25, -0.2) is 9.59 Å². The van der Waals surface area contributed by atoms with Crippen LogP contribution in [0.2, 0.25) is 0 Å². The molecule has 184 valence electrons. The number of ether oxygens (including phenoxy) is 1. The van der Waals surface area contributed by atoms with Crippen LogP contribution in [-0.4, -0.2) is 53.2 Å². The smallest absolute Gasteiger partial charge is 0.407 e. The zero-order chi connectivity index (χ0) is 24.9. The maximum absolute atomic E-state index is 13.3. The Bertz CT molecular complexity index is 1090. The van der Waals surface area contributed by atoms with E-state index < -0.39 is 24.1 Å². The molecule has 1 aliphatic heterocycles. The molecule has 7 nitrogen and oxygen atoms in total. The summed E-state index contributed by atoms with van der Waals surface area (Å²) < 4.78 is 5.63. The van der Waals surface area contributed by atoms with Crippen LogP contribution in [0.15, 0.2) is 60.2 Å². The SMILES string of the molecule is CC(C)=CCC(NC(=O)OCC1c2ccccc2-c2ccccc21)C(=O)N1CCCCC1C(=O)O. The number of carbonyl (C=O) groups is 3. The molecule has 0 saturated carbocycles. The summed E-state index contributed by atoms with van der Waals surface area (Å²) in [6, 6.07) is 14.4. The number of nitrogens with one attached hydrogen (secondary N) is 1. The van der Waals surface area contributed by atoms with Gasteiger partial charge in [-0.3, -0.25) is 4.79 Å². The zero-order valence-electron chi connectivity index (χ0n) is 20.2. The number of nitrogens with zero attached hydrogens (tertiary/aromatic N) is 1. The summed E-state index contributed by atoms with van der Waals surface area (Å²) in [5.41, 5.74) is 5.50. The third-order valence-corrected chi connectivity index (χ3v) is 6.77. The number of allylic oxidation sites excluding steroid dienone is 1. The molecule has 4 rings (SSSR count). The second-order valence-corrected chi connectivity index (χ2v) is 9.42. The van der Waals surface area contributed by atoms with Crippen molar-refractivity contribution in [1.82, 2.24) is 10.2 Å². The fourth-order valence-corrected chi connectivity index (χ4v) is 5.01. The first-order chi connectivity index (χ1) is 16.9. The van der Waals surface area contributed by atoms with E-state index >= 15 is 0 Å². The Kier molecular flexibility index (Phi) is 7.54. The summed E-state index contributed by atoms with van der Waals surface area (Å²) in [6.07, 6.45) is 3.38. The summed E-state index contributed by atoms with van der Waals surface area (Å²) in [5.74, 6) is -1.48. The molecule has 2 aromatic rings. The molecule has 2 unspecified atom stereocenters. The van der Waals surface area contributed by atoms with Gasteiger partial charge in [0, 0.05) is 12.5 Å². The van der Waals surface area contributed by atoms with E-state index in [1.54, 1.807) is 0 Å². The highest BCUT2D eigenvalue weighted by atomic mass is 16.5. The molecule has 0 radical (unpaired) electrons. The van der Waals surface area contributed by atoms with Gasteiger partial charge in [0.25, 0.3) is 0 Å². The van der Waals surface area contributed by atoms with Gasteiger partial charge < -0.3 is 20.1 Å². The van der Waals surface area contributed by atoms with Gasteiger partial charge in [0.2, 0.25) is 5.91 Å². The molecular formula is C28H32N2O5. The quantitative estimate of drug-likeness (QED) is 0.564. The summed E-state index contributed by atoms with van der Waals surface area (Å²) in [7, 11) is 0. The molecule has 1 aliphatic carbocycles. The monoisotopic (exact) mass is 476 g/mol. The molecule has 1 saturated heterocycles. The van der Waals surface area contributed by atoms with Crippen LogP contribution in [-0.2, 0) is 14.3 Å². The molecular weight excluding hydrogens is 444 g/mol. The molecule has 2 aromatic carbocycles. The Morgan fingerprint density at radius 2 is 1.69 bits per heavy atom. The minimum absolute atomic E-state index is 0.0847. The maximum Gasteiger partial charge on any atom is 0.407 e. The molecule has 0 bridgehead atoms. The number of carboxylic acid groups (broad SMARTS) is 1. The number of carboxylic acids is 1. The highest BCUT2D eigenvalue weighted by molar-refractivity contribution is 5.89. The molecule has 35 heavy (non-hydrogen) atoms. The van der Waals surface area contributed by atoms with E-state index in [0.717, 1.165) is 40.7 Å². The minimum Gasteiger partial charge on any atom is -0.480 e. The van der Waals surface area contributed by atoms with Crippen molar-refractivity contribution in [2.24, 2.45) is 0 Å². The topological polar surface area (TPSA) is 95.9 Å². The van der Waals surface area contributed by atoms with Crippen LogP contribution in [0.25, 0.3) is 11.1 Å². The lowest BCUT2D eigenvalue weighted by atomic mass is 9.98. The molecule has 0 aromatic heterocycles. The van der Waals surface area contributed by atoms with Gasteiger partial charge in [-0.15, -0.1) is 0 Å². The Hall–Kier alpha value is -3.61. The first-order valence-corrected chi connectivity index (χ1v) is 12.1. The molecule has 7 heteroatoms. The number of piperidine rings is 1. The van der Waals surface area contributed by atoms with Crippen LogP contribution in [0.5, 0.6) is 0 Å². The molecule has 1 heterocycles. The van der Waals surface area contributed by atoms with E-state index in [1.165, 1.54) is 4.90 Å². The van der Waals surface area contributed by atoms with Crippen LogP contribution in [0.3, 0.4) is 0 Å². The molecule has 0 spiro atoms. The summed E-state index contributed by atoms with van der Waals surface area (Å²) >= 11 is 0. The number of alkyl carbamates (subject to hydrolysis) is 1. The number of carbonyl (C=O) groups excluding carboxylic acids is 2. The predicted octanol–water partition coefficient (Wildman–Crippen LogP) is 4.72. The molecule has 2 atom stereocenters. The normalized spacial score (nSPS) is 17.7. The average molecular weight is 477 g/mol. The first kappa shape index (κ1) is 24.5. The number of aliphatic carboxylic acids is 1. The van der Waals surface area contributed by atoms with Crippen molar-refractivity contribution in [3.63, 3.8) is 0 Å². The fourth-order valence-electron chi connectivity index (χ4n) is 5.01. The third kappa shape index (κ3) is 5.39. The summed E-state index contributed by atoms with van der Waals surface area (Å²) in [5, 5.41) is 12.3. The van der Waals surface area contributed by atoms with E-state index in [-0.39, 0.29) is 24.9 Å². The van der Waals surface area contributed by atoms with Gasteiger partial charge in [0.15, 0.2) is 0 Å². The van der Waals surface area contributed by atoms with Crippen molar-refractivity contribution in [2.45, 2.75) is 57.5 Å². The van der Waals surface area contributed by atoms with Crippen molar-refractivity contribution in [3.8, 4) is 11.1 Å². The number of hydrogen-bond acceptors (Lipinski definition) is 4. The second-order valence-electron chi connectivity index (χ2n) is 9.42. The molecule has 2 N–H and O–H groups in total. The molecule has 2 aliphatic rings. The van der Waals surface area contributed by atoms with E-state index in [9.17, 15) is 19.5 Å². The first-order valence-electron chi connectivity index (χ1n) is 12.1. The van der Waals surface area contributed by atoms with Gasteiger partial charge in [-0.05, 0) is 61.8 Å². The van der Waals surface area contributed by atoms with Crippen molar-refractivity contribution < 1.29 is 24.2 Å². The van der Waals surface area contributed by atoms with Gasteiger partial charge in [0.05, 0.1) is 0 Å². The molecule has 1 fully saturated rings. The fraction of sp³-hybridized carbons (Fsp3) is 0.393. The van der Waals surface area contributed by atoms with Crippen molar-refractivity contribution in [1.29, 1.82) is 0 Å². The Morgan fingerprint density at radius 3 is 2.29 bits per heavy atom. The highest BCUT2D eigenvalue weighted by Gasteiger charge is 2.36. The van der Waals surface area contributed by atoms with Crippen molar-refractivity contribution in [3.05, 3.63) is 71.3 Å². The van der Waals surface area contributed by atoms with Crippen LogP contribution >= 0.6 is 0 Å². The molecule has 2 amide bonds. The lowest BCUT2D eigenvalue weighted by molar-refractivity contribution is -0.152. The number of fused-ring (bicyclic) bond motifs is 3. The van der Waals surface area contributed by atoms with Crippen LogP contribution in [0.4, 0.5) is 4.79 Å². The standard InChI is InChI=1S/C28H32N2O5/c1-18(2)14-15-24(26(31)30-16-8-7-13-25(30)27(32)33)29-28(34)35-17-23-21-11-5-3-9-19(21)20-10-4-6-12-22(20)23/h3-6,9-12,14,23-25H,7-8,13,15-17H2,1-2H3,(H,29,34)(H,32,33). The number of amides is 2. The van der Waals surface area contributed by atoms with E-state index in [1.807, 2.05) is 56.3 Å². The highest BCUT2D eigenvalue weighted by Crippen LogP contribution is 2.44. The van der Waals surface area contributed by atoms with E-state index in [4.69, 9.17) is 4.74 Å². The van der Waals surface area contributed by atoms with Crippen LogP contribution < -0.4 is 5.32 Å². The summed E-state index contributed by atoms with van der Waals surface area (Å²) in [4.78, 5) is 39.3. The number of likely N-dealkylation sites (tertiary alicyclic amines) is 1. The third-order valence-electron chi connectivity index (χ3n) is 6.77. The summed E-state index contributed by atoms with van der Waals surface area (Å²) in [6.45, 7) is 4.34. The average Bonchev–Trinajstić information content (AvgIpc) is 3.18. The van der Waals surface area contributed by atoms with Crippen molar-refractivity contribution >= 4 is 18.0 Å².